The second kappa shape index (κ2) is 8.89. The summed E-state index contributed by atoms with van der Waals surface area (Å²) in [5.74, 6) is -1.21. The number of hydrogen-bond acceptors (Lipinski definition) is 4. The molecule has 1 aliphatic rings. The number of amides is 3. The van der Waals surface area contributed by atoms with Gasteiger partial charge < -0.3 is 5.32 Å². The van der Waals surface area contributed by atoms with E-state index in [4.69, 9.17) is 23.8 Å². The van der Waals surface area contributed by atoms with Gasteiger partial charge in [0.25, 0.3) is 11.8 Å². The van der Waals surface area contributed by atoms with Crippen molar-refractivity contribution in [3.8, 4) is 0 Å². The maximum absolute atomic E-state index is 12.6. The van der Waals surface area contributed by atoms with Gasteiger partial charge in [-0.15, -0.1) is 0 Å². The first-order valence-electron chi connectivity index (χ1n) is 8.49. The number of anilines is 1. The third kappa shape index (κ3) is 4.92. The molecule has 0 radical (unpaired) electrons. The fourth-order valence-corrected chi connectivity index (χ4v) is 3.38. The number of thiocarbonyl (C=S) groups is 1. The Morgan fingerprint density at radius 3 is 2.38 bits per heavy atom. The van der Waals surface area contributed by atoms with E-state index in [1.54, 1.807) is 48.5 Å². The van der Waals surface area contributed by atoms with Crippen LogP contribution < -0.4 is 10.7 Å². The Morgan fingerprint density at radius 1 is 1.14 bits per heavy atom. The molecule has 1 atom stereocenters. The van der Waals surface area contributed by atoms with Crippen LogP contribution in [0.2, 0.25) is 5.02 Å². The molecule has 0 aliphatic carbocycles. The molecule has 3 rings (SSSR count). The smallest absolute Gasteiger partial charge is 0.269 e. The summed E-state index contributed by atoms with van der Waals surface area (Å²) in [7, 11) is 1.50. The fourth-order valence-electron chi connectivity index (χ4n) is 2.72. The average molecular weight is 496 g/mol. The minimum absolute atomic E-state index is 0.116. The van der Waals surface area contributed by atoms with Gasteiger partial charge in [0.1, 0.15) is 6.04 Å². The molecule has 1 unspecified atom stereocenters. The van der Waals surface area contributed by atoms with Crippen molar-refractivity contribution < 1.29 is 14.4 Å². The molecule has 7 nitrogen and oxygen atoms in total. The van der Waals surface area contributed by atoms with E-state index < -0.39 is 17.9 Å². The van der Waals surface area contributed by atoms with Crippen molar-refractivity contribution >= 4 is 68.3 Å². The molecule has 3 amide bonds. The highest BCUT2D eigenvalue weighted by molar-refractivity contribution is 9.10. The fraction of sp³-hybridized carbons (Fsp3) is 0.158. The lowest BCUT2D eigenvalue weighted by Crippen LogP contribution is -2.49. The predicted molar refractivity (Wildman–Crippen MR) is 117 cm³/mol. The van der Waals surface area contributed by atoms with Crippen LogP contribution in [-0.4, -0.2) is 45.8 Å². The molecule has 1 saturated heterocycles. The van der Waals surface area contributed by atoms with Crippen LogP contribution in [0.5, 0.6) is 0 Å². The Bertz CT molecular complexity index is 968. The van der Waals surface area contributed by atoms with Gasteiger partial charge in [-0.1, -0.05) is 27.5 Å². The molecular weight excluding hydrogens is 480 g/mol. The van der Waals surface area contributed by atoms with Gasteiger partial charge in [-0.05, 0) is 60.7 Å². The monoisotopic (exact) mass is 494 g/mol. The molecule has 2 aromatic rings. The number of halogens is 2. The number of nitrogens with one attached hydrogen (secondary N) is 2. The van der Waals surface area contributed by atoms with E-state index in [1.165, 1.54) is 17.0 Å². The highest BCUT2D eigenvalue weighted by Crippen LogP contribution is 2.20. The first-order chi connectivity index (χ1) is 13.8. The lowest BCUT2D eigenvalue weighted by atomic mass is 10.2. The predicted octanol–water partition coefficient (Wildman–Crippen LogP) is 3.20. The van der Waals surface area contributed by atoms with Crippen LogP contribution in [0.3, 0.4) is 0 Å². The molecule has 150 valence electrons. The minimum atomic E-state index is -0.945. The first-order valence-corrected chi connectivity index (χ1v) is 10.1. The molecule has 0 saturated carbocycles. The zero-order valence-electron chi connectivity index (χ0n) is 15.2. The van der Waals surface area contributed by atoms with Crippen molar-refractivity contribution in [1.82, 2.24) is 15.3 Å². The summed E-state index contributed by atoms with van der Waals surface area (Å²) in [6.45, 7) is 0. The highest BCUT2D eigenvalue weighted by Gasteiger charge is 2.42. The summed E-state index contributed by atoms with van der Waals surface area (Å²) in [5, 5.41) is 4.62. The van der Waals surface area contributed by atoms with Crippen LogP contribution in [0.4, 0.5) is 5.69 Å². The van der Waals surface area contributed by atoms with Gasteiger partial charge in [0.05, 0.1) is 6.42 Å². The summed E-state index contributed by atoms with van der Waals surface area (Å²) >= 11 is 14.4. The largest absolute Gasteiger partial charge is 0.326 e. The number of benzene rings is 2. The summed E-state index contributed by atoms with van der Waals surface area (Å²) in [6, 6.07) is 12.4. The molecule has 1 heterocycles. The molecule has 0 bridgehead atoms. The van der Waals surface area contributed by atoms with Crippen molar-refractivity contribution in [2.24, 2.45) is 0 Å². The van der Waals surface area contributed by atoms with Crippen molar-refractivity contribution in [1.29, 1.82) is 0 Å². The molecule has 2 aromatic carbocycles. The molecule has 10 heteroatoms. The third-order valence-corrected chi connectivity index (χ3v) is 5.51. The van der Waals surface area contributed by atoms with Crippen LogP contribution in [0.15, 0.2) is 53.0 Å². The van der Waals surface area contributed by atoms with Crippen LogP contribution >= 0.6 is 39.7 Å². The van der Waals surface area contributed by atoms with Gasteiger partial charge in [0, 0.05) is 27.8 Å². The van der Waals surface area contributed by atoms with Crippen LogP contribution in [0.1, 0.15) is 16.8 Å². The van der Waals surface area contributed by atoms with E-state index in [0.717, 1.165) is 4.47 Å². The summed E-state index contributed by atoms with van der Waals surface area (Å²) in [6.07, 6.45) is -0.188. The van der Waals surface area contributed by atoms with E-state index in [-0.39, 0.29) is 17.4 Å². The first kappa shape index (κ1) is 21.2. The number of rotatable bonds is 5. The Labute approximate surface area is 186 Å². The Morgan fingerprint density at radius 2 is 1.76 bits per heavy atom. The third-order valence-electron chi connectivity index (χ3n) is 4.26. The second-order valence-corrected chi connectivity index (χ2v) is 7.99. The number of likely N-dealkylation sites (N-methyl/N-ethyl adjacent to an activating group) is 1. The molecular formula is C19H16BrClN4O3S. The van der Waals surface area contributed by atoms with E-state index in [0.29, 0.717) is 16.3 Å². The Balaban J connectivity index is 1.72. The van der Waals surface area contributed by atoms with Crippen molar-refractivity contribution in [3.63, 3.8) is 0 Å². The second-order valence-electron chi connectivity index (χ2n) is 6.27. The van der Waals surface area contributed by atoms with Crippen molar-refractivity contribution in [2.75, 3.05) is 12.4 Å². The van der Waals surface area contributed by atoms with Gasteiger partial charge in [0.15, 0.2) is 5.11 Å². The lowest BCUT2D eigenvalue weighted by Gasteiger charge is -2.24. The number of hydrazine groups is 1. The van der Waals surface area contributed by atoms with Crippen molar-refractivity contribution in [3.05, 3.63) is 63.6 Å². The lowest BCUT2D eigenvalue weighted by molar-refractivity contribution is -0.130. The number of nitrogens with zero attached hydrogens (tertiary/aromatic N) is 2. The topological polar surface area (TPSA) is 81.8 Å². The van der Waals surface area contributed by atoms with Gasteiger partial charge >= 0.3 is 0 Å². The molecule has 0 aromatic heterocycles. The number of carbonyl (C=O) groups excluding carboxylic acids is 3. The van der Waals surface area contributed by atoms with E-state index in [2.05, 4.69) is 26.7 Å². The molecule has 1 fully saturated rings. The van der Waals surface area contributed by atoms with Gasteiger partial charge in [-0.25, -0.2) is 5.01 Å². The number of carbonyl (C=O) groups is 3. The van der Waals surface area contributed by atoms with Crippen LogP contribution in [0.25, 0.3) is 0 Å². The summed E-state index contributed by atoms with van der Waals surface area (Å²) < 4.78 is 0.831. The minimum Gasteiger partial charge on any atom is -0.326 e. The average Bonchev–Trinajstić information content (AvgIpc) is 2.88. The van der Waals surface area contributed by atoms with Crippen LogP contribution in [0, 0.1) is 0 Å². The summed E-state index contributed by atoms with van der Waals surface area (Å²) in [5.41, 5.74) is 3.57. The van der Waals surface area contributed by atoms with E-state index in [9.17, 15) is 14.4 Å². The van der Waals surface area contributed by atoms with E-state index in [1.807, 2.05) is 0 Å². The highest BCUT2D eigenvalue weighted by atomic mass is 79.9. The molecule has 2 N–H and O–H groups in total. The Hall–Kier alpha value is -2.49. The van der Waals surface area contributed by atoms with Gasteiger partial charge in [0.2, 0.25) is 5.91 Å². The molecule has 0 spiro atoms. The quantitative estimate of drug-likeness (QED) is 0.623. The zero-order valence-corrected chi connectivity index (χ0v) is 18.3. The zero-order chi connectivity index (χ0) is 21.1. The van der Waals surface area contributed by atoms with Gasteiger partial charge in [-0.2, -0.15) is 0 Å². The summed E-state index contributed by atoms with van der Waals surface area (Å²) in [4.78, 5) is 38.8. The SMILES string of the molecule is CN1C(=O)C(CC(=O)Nc2ccc(Cl)cc2)N(NC(=O)c2ccc(Br)cc2)C1=S. The molecule has 1 aliphatic heterocycles. The Kier molecular flexibility index (Phi) is 6.51. The van der Waals surface area contributed by atoms with Gasteiger partial charge in [-0.3, -0.25) is 24.7 Å². The maximum Gasteiger partial charge on any atom is 0.269 e. The van der Waals surface area contributed by atoms with E-state index >= 15 is 0 Å². The number of hydrogen-bond donors (Lipinski definition) is 2. The van der Waals surface area contributed by atoms with Crippen LogP contribution in [-0.2, 0) is 9.59 Å². The molecule has 29 heavy (non-hydrogen) atoms. The maximum atomic E-state index is 12.6. The van der Waals surface area contributed by atoms with Crippen molar-refractivity contribution in [2.45, 2.75) is 12.5 Å². The normalized spacial score (nSPS) is 16.2. The standard InChI is InChI=1S/C19H16BrClN4O3S/c1-24-18(28)15(10-16(26)22-14-8-6-13(21)7-9-14)25(19(24)29)23-17(27)11-2-4-12(20)5-3-11/h2-9,15H,10H2,1H3,(H,22,26)(H,23,27).